The fourth-order valence-electron chi connectivity index (χ4n) is 1.59. The van der Waals surface area contributed by atoms with Crippen molar-refractivity contribution in [2.45, 2.75) is 19.4 Å². The van der Waals surface area contributed by atoms with E-state index in [9.17, 15) is 4.79 Å². The Morgan fingerprint density at radius 3 is 2.93 bits per heavy atom. The van der Waals surface area contributed by atoms with Crippen LogP contribution in [0.1, 0.15) is 21.1 Å². The van der Waals surface area contributed by atoms with Gasteiger partial charge in [0.1, 0.15) is 4.88 Å². The van der Waals surface area contributed by atoms with Crippen molar-refractivity contribution in [3.05, 3.63) is 16.1 Å². The molecule has 15 heavy (non-hydrogen) atoms. The highest BCUT2D eigenvalue weighted by Crippen LogP contribution is 2.17. The summed E-state index contributed by atoms with van der Waals surface area (Å²) in [6.45, 7) is 3.35. The van der Waals surface area contributed by atoms with Crippen LogP contribution in [-0.4, -0.2) is 34.9 Å². The Labute approximate surface area is 98.9 Å². The van der Waals surface area contributed by atoms with Gasteiger partial charge in [0.05, 0.1) is 11.2 Å². The number of thiazole rings is 1. The van der Waals surface area contributed by atoms with Crippen LogP contribution in [0, 0.1) is 6.92 Å². The summed E-state index contributed by atoms with van der Waals surface area (Å²) in [5, 5.41) is 0.928. The molecule has 1 aliphatic rings. The summed E-state index contributed by atoms with van der Waals surface area (Å²) in [5.74, 6) is 0.0727. The summed E-state index contributed by atoms with van der Waals surface area (Å²) < 4.78 is 0. The van der Waals surface area contributed by atoms with Crippen molar-refractivity contribution >= 4 is 29.7 Å². The predicted molar refractivity (Wildman–Crippen MR) is 62.6 cm³/mol. The van der Waals surface area contributed by atoms with Crippen LogP contribution in [0.15, 0.2) is 6.20 Å². The normalized spacial score (nSPS) is 20.1. The van der Waals surface area contributed by atoms with Crippen LogP contribution < -0.4 is 5.73 Å². The van der Waals surface area contributed by atoms with Gasteiger partial charge in [-0.05, 0) is 13.3 Å². The van der Waals surface area contributed by atoms with Crippen molar-refractivity contribution in [1.82, 2.24) is 9.88 Å². The first-order valence-corrected chi connectivity index (χ1v) is 5.46. The lowest BCUT2D eigenvalue weighted by molar-refractivity contribution is 0.0795. The maximum Gasteiger partial charge on any atom is 0.265 e. The van der Waals surface area contributed by atoms with E-state index in [0.29, 0.717) is 6.54 Å². The van der Waals surface area contributed by atoms with Crippen LogP contribution in [-0.2, 0) is 0 Å². The number of halogens is 1. The van der Waals surface area contributed by atoms with Gasteiger partial charge in [0.25, 0.3) is 5.91 Å². The van der Waals surface area contributed by atoms with Gasteiger partial charge < -0.3 is 10.6 Å². The Morgan fingerprint density at radius 1 is 1.73 bits per heavy atom. The monoisotopic (exact) mass is 247 g/mol. The zero-order valence-corrected chi connectivity index (χ0v) is 10.1. The summed E-state index contributed by atoms with van der Waals surface area (Å²) in [6.07, 6.45) is 2.55. The predicted octanol–water partition coefficient (Wildman–Crippen LogP) is 1.05. The van der Waals surface area contributed by atoms with Gasteiger partial charge in [0.2, 0.25) is 0 Å². The number of aromatic nitrogens is 1. The molecule has 6 heteroatoms. The number of carbonyl (C=O) groups excluding carboxylic acids is 1. The van der Waals surface area contributed by atoms with Crippen LogP contribution in [0.25, 0.3) is 0 Å². The molecule has 0 aromatic carbocycles. The molecule has 2 rings (SSSR count). The number of carbonyl (C=O) groups is 1. The highest BCUT2D eigenvalue weighted by molar-refractivity contribution is 7.13. The average Bonchev–Trinajstić information content (AvgIpc) is 2.73. The molecule has 0 radical (unpaired) electrons. The second kappa shape index (κ2) is 4.92. The molecule has 0 bridgehead atoms. The number of rotatable bonds is 1. The van der Waals surface area contributed by atoms with Crippen molar-refractivity contribution in [2.75, 3.05) is 13.1 Å². The molecule has 0 saturated carbocycles. The first-order chi connectivity index (χ1) is 6.66. The Hall–Kier alpha value is -0.650. The topological polar surface area (TPSA) is 59.2 Å². The van der Waals surface area contributed by atoms with E-state index in [4.69, 9.17) is 5.73 Å². The highest BCUT2D eigenvalue weighted by Gasteiger charge is 2.25. The Balaban J connectivity index is 0.00000112. The number of likely N-dealkylation sites (tertiary alicyclic amines) is 1. The summed E-state index contributed by atoms with van der Waals surface area (Å²) in [6, 6.07) is 0.146. The molecule has 2 N–H and O–H groups in total. The van der Waals surface area contributed by atoms with Gasteiger partial charge in [-0.25, -0.2) is 4.98 Å². The van der Waals surface area contributed by atoms with Crippen molar-refractivity contribution in [3.8, 4) is 0 Å². The van der Waals surface area contributed by atoms with Crippen molar-refractivity contribution in [3.63, 3.8) is 0 Å². The van der Waals surface area contributed by atoms with Crippen LogP contribution >= 0.6 is 23.7 Å². The summed E-state index contributed by atoms with van der Waals surface area (Å²) in [7, 11) is 0. The molecular weight excluding hydrogens is 234 g/mol. The average molecular weight is 248 g/mol. The van der Waals surface area contributed by atoms with Gasteiger partial charge in [-0.15, -0.1) is 23.7 Å². The maximum absolute atomic E-state index is 11.8. The lowest BCUT2D eigenvalue weighted by Crippen LogP contribution is -2.31. The number of nitrogens with two attached hydrogens (primary N) is 1. The second-order valence-electron chi connectivity index (χ2n) is 3.54. The minimum atomic E-state index is 0. The molecule has 0 unspecified atom stereocenters. The lowest BCUT2D eigenvalue weighted by atomic mass is 10.3. The molecule has 1 saturated heterocycles. The maximum atomic E-state index is 11.8. The molecule has 84 valence electrons. The molecule has 1 amide bonds. The number of hydrogen-bond donors (Lipinski definition) is 1. The Kier molecular flexibility index (Phi) is 4.07. The number of aryl methyl sites for hydroxylation is 1. The van der Waals surface area contributed by atoms with Gasteiger partial charge >= 0.3 is 0 Å². The van der Waals surface area contributed by atoms with Crippen molar-refractivity contribution in [2.24, 2.45) is 5.73 Å². The van der Waals surface area contributed by atoms with Gasteiger partial charge in [0.15, 0.2) is 0 Å². The third kappa shape index (κ3) is 2.68. The van der Waals surface area contributed by atoms with E-state index in [1.165, 1.54) is 11.3 Å². The molecule has 1 fully saturated rings. The van der Waals surface area contributed by atoms with Crippen molar-refractivity contribution in [1.29, 1.82) is 0 Å². The van der Waals surface area contributed by atoms with Gasteiger partial charge in [-0.1, -0.05) is 0 Å². The van der Waals surface area contributed by atoms with E-state index in [1.54, 1.807) is 11.1 Å². The van der Waals surface area contributed by atoms with Crippen LogP contribution in [0.2, 0.25) is 0 Å². The van der Waals surface area contributed by atoms with Crippen LogP contribution in [0.3, 0.4) is 0 Å². The van der Waals surface area contributed by atoms with E-state index < -0.39 is 0 Å². The molecular formula is C9H14ClN3OS. The standard InChI is InChI=1S/C9H13N3OS.ClH/c1-6-11-4-8(14-6)9(13)12-3-2-7(10)5-12;/h4,7H,2-3,5,10H2,1H3;1H/t7-;/m0./s1. The van der Waals surface area contributed by atoms with E-state index in [1.807, 2.05) is 6.92 Å². The van der Waals surface area contributed by atoms with Crippen LogP contribution in [0.5, 0.6) is 0 Å². The fraction of sp³-hybridized carbons (Fsp3) is 0.556. The zero-order chi connectivity index (χ0) is 10.1. The van der Waals surface area contributed by atoms with Gasteiger partial charge in [-0.3, -0.25) is 4.79 Å². The molecule has 1 aromatic heterocycles. The minimum Gasteiger partial charge on any atom is -0.336 e. The first kappa shape index (κ1) is 12.4. The van der Waals surface area contributed by atoms with Gasteiger partial charge in [-0.2, -0.15) is 0 Å². The number of hydrogen-bond acceptors (Lipinski definition) is 4. The molecule has 0 spiro atoms. The molecule has 4 nitrogen and oxygen atoms in total. The summed E-state index contributed by atoms with van der Waals surface area (Å²) in [4.78, 5) is 18.4. The van der Waals surface area contributed by atoms with Crippen LogP contribution in [0.4, 0.5) is 0 Å². The number of amides is 1. The first-order valence-electron chi connectivity index (χ1n) is 4.64. The van der Waals surface area contributed by atoms with E-state index in [-0.39, 0.29) is 24.4 Å². The third-order valence-electron chi connectivity index (χ3n) is 2.34. The highest BCUT2D eigenvalue weighted by atomic mass is 35.5. The quantitative estimate of drug-likeness (QED) is 0.807. The summed E-state index contributed by atoms with van der Waals surface area (Å²) in [5.41, 5.74) is 5.74. The Morgan fingerprint density at radius 2 is 2.47 bits per heavy atom. The van der Waals surface area contributed by atoms with E-state index >= 15 is 0 Å². The van der Waals surface area contributed by atoms with Gasteiger partial charge in [0, 0.05) is 19.1 Å². The van der Waals surface area contributed by atoms with E-state index in [2.05, 4.69) is 4.98 Å². The molecule has 2 heterocycles. The summed E-state index contributed by atoms with van der Waals surface area (Å²) >= 11 is 1.44. The minimum absolute atomic E-state index is 0. The SMILES string of the molecule is Cc1ncc(C(=O)N2CC[C@H](N)C2)s1.Cl. The molecule has 1 aliphatic heterocycles. The molecule has 0 aliphatic carbocycles. The zero-order valence-electron chi connectivity index (χ0n) is 8.47. The lowest BCUT2D eigenvalue weighted by Gasteiger charge is -2.13. The number of nitrogens with zero attached hydrogens (tertiary/aromatic N) is 2. The van der Waals surface area contributed by atoms with Crippen molar-refractivity contribution < 1.29 is 4.79 Å². The van der Waals surface area contributed by atoms with E-state index in [0.717, 1.165) is 22.9 Å². The fourth-order valence-corrected chi connectivity index (χ4v) is 2.33. The second-order valence-corrected chi connectivity index (χ2v) is 4.78. The largest absolute Gasteiger partial charge is 0.336 e. The third-order valence-corrected chi connectivity index (χ3v) is 3.24. The molecule has 1 aromatic rings. The molecule has 1 atom stereocenters. The Bertz CT molecular complexity index is 355. The smallest absolute Gasteiger partial charge is 0.265 e.